The lowest BCUT2D eigenvalue weighted by atomic mass is 10.1. The summed E-state index contributed by atoms with van der Waals surface area (Å²) in [5.41, 5.74) is 2.04. The maximum atomic E-state index is 12.6. The van der Waals surface area contributed by atoms with Crippen LogP contribution in [0, 0.1) is 13.8 Å². The standard InChI is InChI=1S/C20H25NO6S/c1-13-10-17(15(3)21(13)14(2)11-26-4)18(22)12-27-20(23)16-8-6-7-9-19(16)28(5,24)25/h6-10,14H,11-12H2,1-5H3/t14-/m1/s1. The van der Waals surface area contributed by atoms with Gasteiger partial charge in [0.15, 0.2) is 16.4 Å². The summed E-state index contributed by atoms with van der Waals surface area (Å²) in [5.74, 6) is -1.20. The van der Waals surface area contributed by atoms with Gasteiger partial charge in [-0.3, -0.25) is 4.79 Å². The summed E-state index contributed by atoms with van der Waals surface area (Å²) in [6.07, 6.45) is 1.01. The first-order valence-electron chi connectivity index (χ1n) is 8.74. The maximum absolute atomic E-state index is 12.6. The van der Waals surface area contributed by atoms with Gasteiger partial charge in [0.05, 0.1) is 23.1 Å². The van der Waals surface area contributed by atoms with Gasteiger partial charge in [-0.1, -0.05) is 12.1 Å². The highest BCUT2D eigenvalue weighted by Crippen LogP contribution is 2.22. The van der Waals surface area contributed by atoms with Crippen LogP contribution in [0.1, 0.15) is 45.1 Å². The monoisotopic (exact) mass is 407 g/mol. The fraction of sp³-hybridized carbons (Fsp3) is 0.400. The summed E-state index contributed by atoms with van der Waals surface area (Å²) < 4.78 is 35.9. The molecule has 0 aliphatic carbocycles. The van der Waals surface area contributed by atoms with Crippen LogP contribution in [0.5, 0.6) is 0 Å². The molecule has 1 atom stereocenters. The number of esters is 1. The summed E-state index contributed by atoms with van der Waals surface area (Å²) in [6.45, 7) is 5.73. The van der Waals surface area contributed by atoms with E-state index in [1.807, 2.05) is 25.3 Å². The lowest BCUT2D eigenvalue weighted by molar-refractivity contribution is 0.0470. The average molecular weight is 407 g/mol. The molecule has 0 aliphatic heterocycles. The summed E-state index contributed by atoms with van der Waals surface area (Å²) in [4.78, 5) is 24.8. The van der Waals surface area contributed by atoms with Crippen molar-refractivity contribution in [1.82, 2.24) is 4.57 Å². The highest BCUT2D eigenvalue weighted by atomic mass is 32.2. The summed E-state index contributed by atoms with van der Waals surface area (Å²) in [7, 11) is -1.98. The second-order valence-electron chi connectivity index (χ2n) is 6.73. The van der Waals surface area contributed by atoms with Gasteiger partial charge < -0.3 is 14.0 Å². The third-order valence-corrected chi connectivity index (χ3v) is 5.63. The minimum Gasteiger partial charge on any atom is -0.454 e. The van der Waals surface area contributed by atoms with Crippen molar-refractivity contribution in [1.29, 1.82) is 0 Å². The average Bonchev–Trinajstić information content (AvgIpc) is 2.93. The van der Waals surface area contributed by atoms with Crippen molar-refractivity contribution in [3.63, 3.8) is 0 Å². The van der Waals surface area contributed by atoms with Crippen molar-refractivity contribution >= 4 is 21.6 Å². The molecule has 0 aliphatic rings. The fourth-order valence-electron chi connectivity index (χ4n) is 3.30. The molecule has 2 rings (SSSR count). The molecule has 0 amide bonds. The largest absolute Gasteiger partial charge is 0.454 e. The molecule has 0 spiro atoms. The maximum Gasteiger partial charge on any atom is 0.339 e. The Hall–Kier alpha value is -2.45. The van der Waals surface area contributed by atoms with Gasteiger partial charge >= 0.3 is 5.97 Å². The van der Waals surface area contributed by atoms with Crippen molar-refractivity contribution in [2.75, 3.05) is 26.6 Å². The van der Waals surface area contributed by atoms with E-state index in [0.29, 0.717) is 12.2 Å². The van der Waals surface area contributed by atoms with Crippen LogP contribution in [0.15, 0.2) is 35.2 Å². The Kier molecular flexibility index (Phi) is 6.79. The number of Topliss-reactive ketones (excluding diaryl/α,β-unsaturated/α-hetero) is 1. The van der Waals surface area contributed by atoms with E-state index in [4.69, 9.17) is 9.47 Å². The van der Waals surface area contributed by atoms with Gasteiger partial charge in [0.25, 0.3) is 0 Å². The smallest absolute Gasteiger partial charge is 0.339 e. The van der Waals surface area contributed by atoms with Gasteiger partial charge in [-0.2, -0.15) is 0 Å². The number of ether oxygens (including phenoxy) is 2. The Morgan fingerprint density at radius 3 is 2.39 bits per heavy atom. The Labute approximate surface area is 165 Å². The highest BCUT2D eigenvalue weighted by Gasteiger charge is 2.22. The molecule has 0 unspecified atom stereocenters. The van der Waals surface area contributed by atoms with Gasteiger partial charge in [0, 0.05) is 30.3 Å². The predicted molar refractivity (Wildman–Crippen MR) is 105 cm³/mol. The van der Waals surface area contributed by atoms with Crippen molar-refractivity contribution in [3.8, 4) is 0 Å². The molecule has 28 heavy (non-hydrogen) atoms. The molecule has 1 aromatic heterocycles. The van der Waals surface area contributed by atoms with E-state index in [9.17, 15) is 18.0 Å². The van der Waals surface area contributed by atoms with Crippen LogP contribution in [-0.4, -0.2) is 51.3 Å². The number of hydrogen-bond donors (Lipinski definition) is 0. The number of ketones is 1. The fourth-order valence-corrected chi connectivity index (χ4v) is 4.18. The molecule has 8 heteroatoms. The molecular formula is C20H25NO6S. The summed E-state index contributed by atoms with van der Waals surface area (Å²) in [5, 5.41) is 0. The van der Waals surface area contributed by atoms with Crippen LogP contribution in [-0.2, 0) is 19.3 Å². The number of carbonyl (C=O) groups excluding carboxylic acids is 2. The van der Waals surface area contributed by atoms with Gasteiger partial charge in [0.2, 0.25) is 5.78 Å². The van der Waals surface area contributed by atoms with Gasteiger partial charge in [-0.15, -0.1) is 0 Å². The van der Waals surface area contributed by atoms with E-state index in [-0.39, 0.29) is 22.3 Å². The second kappa shape index (κ2) is 8.70. The molecule has 0 bridgehead atoms. The Morgan fingerprint density at radius 2 is 1.79 bits per heavy atom. The number of aryl methyl sites for hydroxylation is 1. The SMILES string of the molecule is COC[C@@H](C)n1c(C)cc(C(=O)COC(=O)c2ccccc2S(C)(=O)=O)c1C. The van der Waals surface area contributed by atoms with E-state index < -0.39 is 22.4 Å². The second-order valence-corrected chi connectivity index (χ2v) is 8.71. The number of hydrogen-bond acceptors (Lipinski definition) is 6. The van der Waals surface area contributed by atoms with Crippen molar-refractivity contribution < 1.29 is 27.5 Å². The molecule has 7 nitrogen and oxygen atoms in total. The molecule has 0 N–H and O–H groups in total. The zero-order valence-corrected chi connectivity index (χ0v) is 17.5. The minimum absolute atomic E-state index is 0.0516. The molecule has 0 radical (unpaired) electrons. The highest BCUT2D eigenvalue weighted by molar-refractivity contribution is 7.90. The van der Waals surface area contributed by atoms with Crippen LogP contribution in [0.3, 0.4) is 0 Å². The number of methoxy groups -OCH3 is 1. The third kappa shape index (κ3) is 4.69. The van der Waals surface area contributed by atoms with Crippen molar-refractivity contribution in [2.45, 2.75) is 31.7 Å². The first-order chi connectivity index (χ1) is 13.1. The number of rotatable bonds is 8. The molecule has 0 saturated carbocycles. The van der Waals surface area contributed by atoms with E-state index in [1.165, 1.54) is 24.3 Å². The van der Waals surface area contributed by atoms with E-state index in [2.05, 4.69) is 0 Å². The van der Waals surface area contributed by atoms with E-state index in [0.717, 1.165) is 17.6 Å². The number of carbonyl (C=O) groups is 2. The Morgan fingerprint density at radius 1 is 1.14 bits per heavy atom. The van der Waals surface area contributed by atoms with E-state index in [1.54, 1.807) is 13.2 Å². The van der Waals surface area contributed by atoms with Crippen LogP contribution in [0.4, 0.5) is 0 Å². The van der Waals surface area contributed by atoms with Crippen LogP contribution >= 0.6 is 0 Å². The normalized spacial score (nSPS) is 12.6. The zero-order chi connectivity index (χ0) is 21.1. The molecule has 1 heterocycles. The first kappa shape index (κ1) is 21.8. The first-order valence-corrected chi connectivity index (χ1v) is 10.6. The van der Waals surface area contributed by atoms with Gasteiger partial charge in [0.1, 0.15) is 0 Å². The molecule has 0 saturated heterocycles. The Balaban J connectivity index is 2.18. The number of benzene rings is 1. The molecule has 1 aromatic carbocycles. The minimum atomic E-state index is -3.59. The molecule has 2 aromatic rings. The molecule has 0 fully saturated rings. The topological polar surface area (TPSA) is 91.7 Å². The number of sulfone groups is 1. The van der Waals surface area contributed by atoms with Gasteiger partial charge in [-0.05, 0) is 39.0 Å². The van der Waals surface area contributed by atoms with Crippen molar-refractivity contribution in [2.24, 2.45) is 0 Å². The van der Waals surface area contributed by atoms with Gasteiger partial charge in [-0.25, -0.2) is 13.2 Å². The molecule has 152 valence electrons. The van der Waals surface area contributed by atoms with Crippen LogP contribution in [0.25, 0.3) is 0 Å². The van der Waals surface area contributed by atoms with Crippen molar-refractivity contribution in [3.05, 3.63) is 52.8 Å². The lowest BCUT2D eigenvalue weighted by Crippen LogP contribution is -2.18. The number of nitrogens with zero attached hydrogens (tertiary/aromatic N) is 1. The Bertz CT molecular complexity index is 990. The molecular weight excluding hydrogens is 382 g/mol. The van der Waals surface area contributed by atoms with Crippen LogP contribution in [0.2, 0.25) is 0 Å². The quantitative estimate of drug-likeness (QED) is 0.494. The van der Waals surface area contributed by atoms with Crippen LogP contribution < -0.4 is 0 Å². The van der Waals surface area contributed by atoms with E-state index >= 15 is 0 Å². The third-order valence-electron chi connectivity index (χ3n) is 4.47. The zero-order valence-electron chi connectivity index (χ0n) is 16.7. The predicted octanol–water partition coefficient (Wildman–Crippen LogP) is 2.76. The summed E-state index contributed by atoms with van der Waals surface area (Å²) >= 11 is 0. The lowest BCUT2D eigenvalue weighted by Gasteiger charge is -2.17. The number of aromatic nitrogens is 1. The summed E-state index contributed by atoms with van der Waals surface area (Å²) in [6, 6.07) is 7.56.